The summed E-state index contributed by atoms with van der Waals surface area (Å²) in [6, 6.07) is 1.25. The fourth-order valence-corrected chi connectivity index (χ4v) is 4.87. The molecule has 3 rings (SSSR count). The first-order valence-electron chi connectivity index (χ1n) is 10.3. The summed E-state index contributed by atoms with van der Waals surface area (Å²) in [7, 11) is 0. The molecule has 0 unspecified atom stereocenters. The number of aliphatic hydroxyl groups is 1. The van der Waals surface area contributed by atoms with E-state index >= 15 is 0 Å². The molecule has 1 atom stereocenters. The highest BCUT2D eigenvalue weighted by Gasteiger charge is 2.32. The second-order valence-corrected chi connectivity index (χ2v) is 7.90. The van der Waals surface area contributed by atoms with Crippen LogP contribution >= 0.6 is 0 Å². The molecule has 1 saturated heterocycles. The third-order valence-corrected chi connectivity index (χ3v) is 6.33. The van der Waals surface area contributed by atoms with Gasteiger partial charge >= 0.3 is 0 Å². The highest BCUT2D eigenvalue weighted by molar-refractivity contribution is 5.24. The summed E-state index contributed by atoms with van der Waals surface area (Å²) in [6.07, 6.45) is 7.77. The monoisotopic (exact) mass is 348 g/mol. The van der Waals surface area contributed by atoms with Crippen molar-refractivity contribution < 1.29 is 5.11 Å². The van der Waals surface area contributed by atoms with Crippen molar-refractivity contribution in [1.29, 1.82) is 0 Å². The standard InChI is InChI=1S/C20H36N4O/c1-4-24-17(3)20(16(2)21-24)15-22-11-12-23(19(14-22)10-13-25)18-8-6-5-7-9-18/h18-19,25H,4-15H2,1-3H3/t19-/m0/s1. The SMILES string of the molecule is CCn1nc(C)c(CN2CCN(C3CCCCC3)[C@@H](CCO)C2)c1C. The molecule has 0 amide bonds. The van der Waals surface area contributed by atoms with E-state index in [-0.39, 0.29) is 0 Å². The van der Waals surface area contributed by atoms with Gasteiger partial charge in [0.2, 0.25) is 0 Å². The number of hydrogen-bond acceptors (Lipinski definition) is 4. The molecule has 0 radical (unpaired) electrons. The molecule has 1 N–H and O–H groups in total. The molecule has 0 bridgehead atoms. The van der Waals surface area contributed by atoms with Gasteiger partial charge in [0.05, 0.1) is 5.69 Å². The van der Waals surface area contributed by atoms with Crippen LogP contribution in [0.1, 0.15) is 62.4 Å². The lowest BCUT2D eigenvalue weighted by Gasteiger charge is -2.46. The van der Waals surface area contributed by atoms with Crippen LogP contribution in [0.15, 0.2) is 0 Å². The summed E-state index contributed by atoms with van der Waals surface area (Å²) < 4.78 is 2.12. The molecule has 1 aliphatic heterocycles. The fourth-order valence-electron chi connectivity index (χ4n) is 4.87. The van der Waals surface area contributed by atoms with Crippen molar-refractivity contribution in [2.75, 3.05) is 26.2 Å². The van der Waals surface area contributed by atoms with Crippen molar-refractivity contribution >= 4 is 0 Å². The van der Waals surface area contributed by atoms with Crippen LogP contribution in [0.5, 0.6) is 0 Å². The summed E-state index contributed by atoms with van der Waals surface area (Å²) in [5.74, 6) is 0. The van der Waals surface area contributed by atoms with Crippen molar-refractivity contribution in [3.05, 3.63) is 17.0 Å². The third kappa shape index (κ3) is 4.26. The Morgan fingerprint density at radius 3 is 2.52 bits per heavy atom. The van der Waals surface area contributed by atoms with Crippen LogP contribution in [0, 0.1) is 13.8 Å². The van der Waals surface area contributed by atoms with E-state index in [0.717, 1.165) is 45.2 Å². The summed E-state index contributed by atoms with van der Waals surface area (Å²) in [4.78, 5) is 5.30. The first kappa shape index (κ1) is 18.9. The van der Waals surface area contributed by atoms with Gasteiger partial charge in [-0.25, -0.2) is 0 Å². The number of rotatable bonds is 6. The van der Waals surface area contributed by atoms with E-state index in [1.54, 1.807) is 0 Å². The Kier molecular flexibility index (Phi) is 6.53. The summed E-state index contributed by atoms with van der Waals surface area (Å²) in [5.41, 5.74) is 3.89. The van der Waals surface area contributed by atoms with Crippen molar-refractivity contribution in [2.45, 2.75) is 84.5 Å². The minimum Gasteiger partial charge on any atom is -0.396 e. The minimum absolute atomic E-state index is 0.299. The molecular formula is C20H36N4O. The molecule has 5 heteroatoms. The molecule has 2 fully saturated rings. The Morgan fingerprint density at radius 1 is 1.12 bits per heavy atom. The normalized spacial score (nSPS) is 24.1. The number of hydrogen-bond donors (Lipinski definition) is 1. The maximum Gasteiger partial charge on any atom is 0.0641 e. The van der Waals surface area contributed by atoms with E-state index in [1.165, 1.54) is 49.1 Å². The zero-order chi connectivity index (χ0) is 17.8. The maximum absolute atomic E-state index is 9.58. The highest BCUT2D eigenvalue weighted by atomic mass is 16.3. The summed E-state index contributed by atoms with van der Waals surface area (Å²) in [6.45, 7) is 12.1. The van der Waals surface area contributed by atoms with Crippen LogP contribution in [-0.4, -0.2) is 63.0 Å². The van der Waals surface area contributed by atoms with Crippen molar-refractivity contribution in [3.63, 3.8) is 0 Å². The number of aromatic nitrogens is 2. The van der Waals surface area contributed by atoms with Crippen LogP contribution < -0.4 is 0 Å². The summed E-state index contributed by atoms with van der Waals surface area (Å²) >= 11 is 0. The van der Waals surface area contributed by atoms with Crippen molar-refractivity contribution in [2.24, 2.45) is 0 Å². The third-order valence-electron chi connectivity index (χ3n) is 6.33. The van der Waals surface area contributed by atoms with E-state index in [4.69, 9.17) is 0 Å². The average Bonchev–Trinajstić information content (AvgIpc) is 2.90. The molecule has 25 heavy (non-hydrogen) atoms. The van der Waals surface area contributed by atoms with Gasteiger partial charge in [-0.3, -0.25) is 14.5 Å². The first-order valence-corrected chi connectivity index (χ1v) is 10.3. The second kappa shape index (κ2) is 8.65. The van der Waals surface area contributed by atoms with Gasteiger partial charge in [-0.05, 0) is 40.0 Å². The van der Waals surface area contributed by atoms with Crippen LogP contribution in [0.4, 0.5) is 0 Å². The summed E-state index contributed by atoms with van der Waals surface area (Å²) in [5, 5.41) is 14.3. The molecule has 1 aromatic heterocycles. The minimum atomic E-state index is 0.299. The van der Waals surface area contributed by atoms with E-state index in [0.29, 0.717) is 12.6 Å². The quantitative estimate of drug-likeness (QED) is 0.858. The molecule has 5 nitrogen and oxygen atoms in total. The smallest absolute Gasteiger partial charge is 0.0641 e. The van der Waals surface area contributed by atoms with Gasteiger partial charge in [-0.2, -0.15) is 5.10 Å². The van der Waals surface area contributed by atoms with E-state index < -0.39 is 0 Å². The average molecular weight is 349 g/mol. The van der Waals surface area contributed by atoms with E-state index in [2.05, 4.69) is 40.4 Å². The topological polar surface area (TPSA) is 44.5 Å². The van der Waals surface area contributed by atoms with Crippen molar-refractivity contribution in [3.8, 4) is 0 Å². The highest BCUT2D eigenvalue weighted by Crippen LogP contribution is 2.28. The molecule has 1 aliphatic carbocycles. The van der Waals surface area contributed by atoms with Gasteiger partial charge in [0.1, 0.15) is 0 Å². The Balaban J connectivity index is 1.66. The van der Waals surface area contributed by atoms with Gasteiger partial charge < -0.3 is 5.11 Å². The molecule has 0 spiro atoms. The lowest BCUT2D eigenvalue weighted by molar-refractivity contribution is 0.0135. The Bertz CT molecular complexity index is 550. The molecule has 2 aliphatic rings. The van der Waals surface area contributed by atoms with Gasteiger partial charge in [0, 0.05) is 62.7 Å². The van der Waals surface area contributed by atoms with Crippen LogP contribution in [0.2, 0.25) is 0 Å². The Morgan fingerprint density at radius 2 is 1.88 bits per heavy atom. The Labute approximate surface area is 153 Å². The van der Waals surface area contributed by atoms with Crippen molar-refractivity contribution in [1.82, 2.24) is 19.6 Å². The zero-order valence-corrected chi connectivity index (χ0v) is 16.4. The molecular weight excluding hydrogens is 312 g/mol. The number of aryl methyl sites for hydroxylation is 2. The van der Waals surface area contributed by atoms with E-state index in [9.17, 15) is 5.11 Å². The van der Waals surface area contributed by atoms with Crippen LogP contribution in [0.3, 0.4) is 0 Å². The second-order valence-electron chi connectivity index (χ2n) is 7.90. The molecule has 2 heterocycles. The predicted molar refractivity (Wildman–Crippen MR) is 102 cm³/mol. The maximum atomic E-state index is 9.58. The molecule has 0 aromatic carbocycles. The fraction of sp³-hybridized carbons (Fsp3) is 0.850. The lowest BCUT2D eigenvalue weighted by atomic mass is 9.91. The molecule has 1 saturated carbocycles. The van der Waals surface area contributed by atoms with Gasteiger partial charge in [0.25, 0.3) is 0 Å². The first-order chi connectivity index (χ1) is 12.1. The number of aliphatic hydroxyl groups excluding tert-OH is 1. The number of nitrogens with zero attached hydrogens (tertiary/aromatic N) is 4. The molecule has 1 aromatic rings. The van der Waals surface area contributed by atoms with E-state index in [1.807, 2.05) is 0 Å². The van der Waals surface area contributed by atoms with Crippen LogP contribution in [-0.2, 0) is 13.1 Å². The van der Waals surface area contributed by atoms with Gasteiger partial charge in [-0.1, -0.05) is 19.3 Å². The van der Waals surface area contributed by atoms with Gasteiger partial charge in [-0.15, -0.1) is 0 Å². The van der Waals surface area contributed by atoms with Gasteiger partial charge in [0.15, 0.2) is 0 Å². The lowest BCUT2D eigenvalue weighted by Crippen LogP contribution is -2.56. The van der Waals surface area contributed by atoms with Crippen LogP contribution in [0.25, 0.3) is 0 Å². The Hall–Kier alpha value is -0.910. The zero-order valence-electron chi connectivity index (χ0n) is 16.4. The molecule has 142 valence electrons. The predicted octanol–water partition coefficient (Wildman–Crippen LogP) is 2.72. The number of piperazine rings is 1. The largest absolute Gasteiger partial charge is 0.396 e.